The topological polar surface area (TPSA) is 58.2 Å². The highest BCUT2D eigenvalue weighted by molar-refractivity contribution is 7.12. The molecule has 1 aromatic rings. The summed E-state index contributed by atoms with van der Waals surface area (Å²) in [6.45, 7) is 13.3. The molecule has 0 unspecified atom stereocenters. The van der Waals surface area contributed by atoms with Crippen molar-refractivity contribution in [2.75, 3.05) is 0 Å². The number of rotatable bonds is 4. The molecule has 0 fully saturated rings. The standard InChI is InChI=1S/C16H26N2O2S/c1-9-8-13(12(4)21-9)10(2)17-14(19)11(3)18-15(20)16(5,6)7/h8,10-11H,1-7H3,(H,17,19)(H,18,20)/t10-,11-/m1/s1. The number of thiophene rings is 1. The van der Waals surface area contributed by atoms with E-state index in [0.29, 0.717) is 0 Å². The Labute approximate surface area is 131 Å². The van der Waals surface area contributed by atoms with E-state index in [1.165, 1.54) is 9.75 Å². The molecule has 0 aliphatic carbocycles. The molecule has 0 spiro atoms. The van der Waals surface area contributed by atoms with Crippen molar-refractivity contribution < 1.29 is 9.59 Å². The van der Waals surface area contributed by atoms with E-state index in [-0.39, 0.29) is 17.9 Å². The Balaban J connectivity index is 2.64. The molecule has 21 heavy (non-hydrogen) atoms. The van der Waals surface area contributed by atoms with Gasteiger partial charge >= 0.3 is 0 Å². The lowest BCUT2D eigenvalue weighted by Crippen LogP contribution is -2.48. The lowest BCUT2D eigenvalue weighted by atomic mass is 9.95. The minimum Gasteiger partial charge on any atom is -0.348 e. The van der Waals surface area contributed by atoms with Crippen molar-refractivity contribution in [1.29, 1.82) is 0 Å². The van der Waals surface area contributed by atoms with Crippen LogP contribution >= 0.6 is 11.3 Å². The van der Waals surface area contributed by atoms with Crippen molar-refractivity contribution in [3.05, 3.63) is 21.4 Å². The Bertz CT molecular complexity index is 529. The first-order chi connectivity index (χ1) is 9.52. The highest BCUT2D eigenvalue weighted by Crippen LogP contribution is 2.26. The molecular weight excluding hydrogens is 284 g/mol. The van der Waals surface area contributed by atoms with Crippen LogP contribution in [0.2, 0.25) is 0 Å². The molecule has 0 aliphatic rings. The zero-order valence-corrected chi connectivity index (χ0v) is 14.8. The van der Waals surface area contributed by atoms with Gasteiger partial charge in [0.25, 0.3) is 0 Å². The number of aryl methyl sites for hydroxylation is 2. The Kier molecular flexibility index (Phi) is 5.56. The van der Waals surface area contributed by atoms with E-state index in [1.54, 1.807) is 18.3 Å². The molecule has 1 rings (SSSR count). The van der Waals surface area contributed by atoms with Crippen LogP contribution in [0.1, 0.15) is 56.0 Å². The highest BCUT2D eigenvalue weighted by Gasteiger charge is 2.26. The van der Waals surface area contributed by atoms with Gasteiger partial charge in [0.2, 0.25) is 11.8 Å². The van der Waals surface area contributed by atoms with Crippen LogP contribution < -0.4 is 10.6 Å². The minimum atomic E-state index is -0.542. The maximum absolute atomic E-state index is 12.2. The van der Waals surface area contributed by atoms with Crippen LogP contribution in [0.3, 0.4) is 0 Å². The van der Waals surface area contributed by atoms with Crippen LogP contribution in [-0.2, 0) is 9.59 Å². The minimum absolute atomic E-state index is 0.0589. The Morgan fingerprint density at radius 3 is 2.14 bits per heavy atom. The molecule has 0 aromatic carbocycles. The highest BCUT2D eigenvalue weighted by atomic mass is 32.1. The summed E-state index contributed by atoms with van der Waals surface area (Å²) in [4.78, 5) is 26.5. The largest absolute Gasteiger partial charge is 0.348 e. The predicted molar refractivity (Wildman–Crippen MR) is 87.4 cm³/mol. The molecular formula is C16H26N2O2S. The molecule has 2 atom stereocenters. The molecule has 1 heterocycles. The Morgan fingerprint density at radius 2 is 1.71 bits per heavy atom. The van der Waals surface area contributed by atoms with Crippen molar-refractivity contribution in [2.45, 2.75) is 60.5 Å². The second-order valence-corrected chi connectivity index (χ2v) is 8.00. The van der Waals surface area contributed by atoms with E-state index in [1.807, 2.05) is 27.7 Å². The van der Waals surface area contributed by atoms with Crippen LogP contribution in [0.4, 0.5) is 0 Å². The lowest BCUT2D eigenvalue weighted by Gasteiger charge is -2.23. The number of nitrogens with one attached hydrogen (secondary N) is 2. The second kappa shape index (κ2) is 6.60. The summed E-state index contributed by atoms with van der Waals surface area (Å²) in [7, 11) is 0. The number of carbonyl (C=O) groups is 2. The van der Waals surface area contributed by atoms with E-state index >= 15 is 0 Å². The number of amides is 2. The SMILES string of the molecule is Cc1cc([C@@H](C)NC(=O)[C@@H](C)NC(=O)C(C)(C)C)c(C)s1. The quantitative estimate of drug-likeness (QED) is 0.898. The van der Waals surface area contributed by atoms with E-state index in [4.69, 9.17) is 0 Å². The number of carbonyl (C=O) groups excluding carboxylic acids is 2. The van der Waals surface area contributed by atoms with Crippen molar-refractivity contribution in [2.24, 2.45) is 5.41 Å². The monoisotopic (exact) mass is 310 g/mol. The van der Waals surface area contributed by atoms with Crippen molar-refractivity contribution >= 4 is 23.2 Å². The summed E-state index contributed by atoms with van der Waals surface area (Å²) >= 11 is 1.73. The van der Waals surface area contributed by atoms with E-state index in [0.717, 1.165) is 5.56 Å². The third kappa shape index (κ3) is 4.84. The maximum Gasteiger partial charge on any atom is 0.242 e. The average Bonchev–Trinajstić information content (AvgIpc) is 2.66. The first-order valence-corrected chi connectivity index (χ1v) is 8.02. The summed E-state index contributed by atoms with van der Waals surface area (Å²) in [5.74, 6) is -0.288. The summed E-state index contributed by atoms with van der Waals surface area (Å²) in [5, 5.41) is 5.71. The third-order valence-electron chi connectivity index (χ3n) is 3.33. The Hall–Kier alpha value is -1.36. The van der Waals surface area contributed by atoms with Gasteiger partial charge in [-0.1, -0.05) is 20.8 Å². The molecule has 0 bridgehead atoms. The number of hydrogen-bond donors (Lipinski definition) is 2. The first-order valence-electron chi connectivity index (χ1n) is 7.20. The van der Waals surface area contributed by atoms with Crippen molar-refractivity contribution in [3.63, 3.8) is 0 Å². The molecule has 2 amide bonds. The third-order valence-corrected chi connectivity index (χ3v) is 4.31. The van der Waals surface area contributed by atoms with Crippen molar-refractivity contribution in [1.82, 2.24) is 10.6 Å². The summed E-state index contributed by atoms with van der Waals surface area (Å²) < 4.78 is 0. The first kappa shape index (κ1) is 17.7. The molecule has 4 nitrogen and oxygen atoms in total. The second-order valence-electron chi connectivity index (χ2n) is 6.54. The van der Waals surface area contributed by atoms with Gasteiger partial charge in [-0.15, -0.1) is 11.3 Å². The molecule has 5 heteroatoms. The van der Waals surface area contributed by atoms with E-state index < -0.39 is 11.5 Å². The maximum atomic E-state index is 12.2. The van der Waals surface area contributed by atoms with E-state index in [2.05, 4.69) is 30.5 Å². The zero-order valence-electron chi connectivity index (χ0n) is 14.0. The van der Waals surface area contributed by atoms with Crippen LogP contribution in [-0.4, -0.2) is 17.9 Å². The van der Waals surface area contributed by atoms with Gasteiger partial charge in [0.05, 0.1) is 6.04 Å². The predicted octanol–water partition coefficient (Wildman–Crippen LogP) is 3.09. The smallest absolute Gasteiger partial charge is 0.242 e. The normalized spacial score (nSPS) is 14.4. The van der Waals surface area contributed by atoms with Gasteiger partial charge in [0.15, 0.2) is 0 Å². The number of hydrogen-bond acceptors (Lipinski definition) is 3. The fourth-order valence-corrected chi connectivity index (χ4v) is 3.00. The summed E-state index contributed by atoms with van der Waals surface area (Å²) in [5.41, 5.74) is 0.640. The fourth-order valence-electron chi connectivity index (χ4n) is 1.98. The van der Waals surface area contributed by atoms with Gasteiger partial charge in [-0.3, -0.25) is 9.59 Å². The molecule has 2 N–H and O–H groups in total. The van der Waals surface area contributed by atoms with Gasteiger partial charge in [0, 0.05) is 15.2 Å². The molecule has 0 saturated carbocycles. The van der Waals surface area contributed by atoms with Gasteiger partial charge in [-0.2, -0.15) is 0 Å². The summed E-state index contributed by atoms with van der Waals surface area (Å²) in [6, 6.07) is 1.50. The zero-order chi connectivity index (χ0) is 16.4. The lowest BCUT2D eigenvalue weighted by molar-refractivity contribution is -0.133. The van der Waals surface area contributed by atoms with Crippen LogP contribution in [0, 0.1) is 19.3 Å². The van der Waals surface area contributed by atoms with Crippen LogP contribution in [0.25, 0.3) is 0 Å². The van der Waals surface area contributed by atoms with Gasteiger partial charge in [-0.05, 0) is 39.3 Å². The van der Waals surface area contributed by atoms with Gasteiger partial charge in [0.1, 0.15) is 6.04 Å². The molecule has 0 aliphatic heterocycles. The average molecular weight is 310 g/mol. The Morgan fingerprint density at radius 1 is 1.14 bits per heavy atom. The van der Waals surface area contributed by atoms with Crippen molar-refractivity contribution in [3.8, 4) is 0 Å². The molecule has 0 saturated heterocycles. The summed E-state index contributed by atoms with van der Waals surface area (Å²) in [6.07, 6.45) is 0. The van der Waals surface area contributed by atoms with Gasteiger partial charge < -0.3 is 10.6 Å². The van der Waals surface area contributed by atoms with E-state index in [9.17, 15) is 9.59 Å². The molecule has 1 aromatic heterocycles. The van der Waals surface area contributed by atoms with Crippen LogP contribution in [0.5, 0.6) is 0 Å². The fraction of sp³-hybridized carbons (Fsp3) is 0.625. The molecule has 118 valence electrons. The van der Waals surface area contributed by atoms with Crippen LogP contribution in [0.15, 0.2) is 6.07 Å². The molecule has 0 radical (unpaired) electrons. The van der Waals surface area contributed by atoms with Gasteiger partial charge in [-0.25, -0.2) is 0 Å².